The molecule has 1 aromatic carbocycles. The van der Waals surface area contributed by atoms with Gasteiger partial charge in [-0.2, -0.15) is 4.98 Å². The number of aromatic nitrogens is 2. The van der Waals surface area contributed by atoms with E-state index in [0.29, 0.717) is 10.2 Å². The minimum atomic E-state index is -0.462. The summed E-state index contributed by atoms with van der Waals surface area (Å²) in [6, 6.07) is 4.46. The zero-order valence-electron chi connectivity index (χ0n) is 11.3. The Bertz CT molecular complexity index is 787. The van der Waals surface area contributed by atoms with E-state index in [0.717, 1.165) is 15.7 Å². The Morgan fingerprint density at radius 3 is 2.57 bits per heavy atom. The number of non-ortho nitro benzene ring substituents is 1. The lowest BCUT2D eigenvalue weighted by Gasteiger charge is -2.13. The van der Waals surface area contributed by atoms with Gasteiger partial charge in [0, 0.05) is 22.3 Å². The highest BCUT2D eigenvalue weighted by Crippen LogP contribution is 2.24. The summed E-state index contributed by atoms with van der Waals surface area (Å²) >= 11 is 6.71. The van der Waals surface area contributed by atoms with Crippen molar-refractivity contribution in [3.05, 3.63) is 64.7 Å². The van der Waals surface area contributed by atoms with Crippen molar-refractivity contribution in [2.24, 2.45) is 0 Å². The van der Waals surface area contributed by atoms with E-state index in [1.54, 1.807) is 13.0 Å². The summed E-state index contributed by atoms with van der Waals surface area (Å²) in [6.45, 7) is 3.86. The number of nitro groups is 1. The summed E-state index contributed by atoms with van der Waals surface area (Å²) < 4.78 is 2.88. The van der Waals surface area contributed by atoms with E-state index in [-0.39, 0.29) is 17.9 Å². The van der Waals surface area contributed by atoms with Crippen molar-refractivity contribution in [3.63, 3.8) is 0 Å². The molecule has 0 spiro atoms. The third-order valence-corrected chi connectivity index (χ3v) is 5.00. The Labute approximate surface area is 137 Å². The van der Waals surface area contributed by atoms with Crippen LogP contribution in [0.25, 0.3) is 0 Å². The molecular formula is C13H11Br2N3O3. The van der Waals surface area contributed by atoms with Gasteiger partial charge in [-0.15, -0.1) is 0 Å². The molecule has 21 heavy (non-hydrogen) atoms. The van der Waals surface area contributed by atoms with Gasteiger partial charge in [-0.3, -0.25) is 14.7 Å². The van der Waals surface area contributed by atoms with Crippen molar-refractivity contribution in [2.75, 3.05) is 0 Å². The van der Waals surface area contributed by atoms with Crippen LogP contribution in [-0.2, 0) is 6.54 Å². The third-order valence-electron chi connectivity index (χ3n) is 3.11. The van der Waals surface area contributed by atoms with Gasteiger partial charge < -0.3 is 0 Å². The van der Waals surface area contributed by atoms with Gasteiger partial charge in [0.05, 0.1) is 21.6 Å². The molecule has 8 heteroatoms. The van der Waals surface area contributed by atoms with Crippen molar-refractivity contribution < 1.29 is 4.92 Å². The summed E-state index contributed by atoms with van der Waals surface area (Å²) in [7, 11) is 0. The molecular weight excluding hydrogens is 406 g/mol. The number of aryl methyl sites for hydroxylation is 1. The molecule has 0 radical (unpaired) electrons. The summed E-state index contributed by atoms with van der Waals surface area (Å²) in [5.74, 6) is 0. The topological polar surface area (TPSA) is 78.0 Å². The number of hydrogen-bond donors (Lipinski definition) is 0. The van der Waals surface area contributed by atoms with Crippen molar-refractivity contribution in [2.45, 2.75) is 20.4 Å². The molecule has 0 aliphatic heterocycles. The maximum Gasteiger partial charge on any atom is 0.348 e. The number of benzene rings is 1. The first kappa shape index (κ1) is 15.8. The van der Waals surface area contributed by atoms with Crippen molar-refractivity contribution in [1.82, 2.24) is 9.55 Å². The number of halogens is 2. The van der Waals surface area contributed by atoms with E-state index < -0.39 is 4.92 Å². The van der Waals surface area contributed by atoms with E-state index in [1.807, 2.05) is 6.92 Å². The molecule has 0 aliphatic carbocycles. The largest absolute Gasteiger partial charge is 0.348 e. The van der Waals surface area contributed by atoms with Gasteiger partial charge in [-0.1, -0.05) is 15.9 Å². The fourth-order valence-corrected chi connectivity index (χ4v) is 2.71. The average Bonchev–Trinajstić information content (AvgIpc) is 2.42. The first-order valence-electron chi connectivity index (χ1n) is 5.97. The van der Waals surface area contributed by atoms with Crippen LogP contribution in [0, 0.1) is 24.0 Å². The molecule has 0 saturated carbocycles. The van der Waals surface area contributed by atoms with Crippen LogP contribution in [0.15, 0.2) is 31.9 Å². The van der Waals surface area contributed by atoms with Gasteiger partial charge in [0.1, 0.15) is 0 Å². The second-order valence-electron chi connectivity index (χ2n) is 4.50. The smallest absolute Gasteiger partial charge is 0.291 e. The first-order valence-corrected chi connectivity index (χ1v) is 7.56. The molecule has 0 aliphatic rings. The van der Waals surface area contributed by atoms with Crippen LogP contribution in [0.5, 0.6) is 0 Å². The highest BCUT2D eigenvalue weighted by atomic mass is 79.9. The zero-order valence-corrected chi connectivity index (χ0v) is 14.4. The normalized spacial score (nSPS) is 10.7. The maximum atomic E-state index is 12.0. The van der Waals surface area contributed by atoms with Gasteiger partial charge in [-0.25, -0.2) is 4.79 Å². The molecule has 0 saturated heterocycles. The molecule has 1 aromatic heterocycles. The summed E-state index contributed by atoms with van der Waals surface area (Å²) in [5.41, 5.74) is 1.81. The van der Waals surface area contributed by atoms with Gasteiger partial charge in [0.25, 0.3) is 5.69 Å². The molecule has 6 nitrogen and oxygen atoms in total. The summed E-state index contributed by atoms with van der Waals surface area (Å²) in [4.78, 5) is 26.2. The van der Waals surface area contributed by atoms with Crippen LogP contribution in [0.3, 0.4) is 0 Å². The average molecular weight is 417 g/mol. The number of nitro benzene ring substituents is 1. The zero-order chi connectivity index (χ0) is 15.7. The molecule has 2 aromatic rings. The second-order valence-corrected chi connectivity index (χ2v) is 6.15. The maximum absolute atomic E-state index is 12.0. The molecule has 0 atom stereocenters. The second kappa shape index (κ2) is 6.07. The van der Waals surface area contributed by atoms with E-state index in [4.69, 9.17) is 0 Å². The molecule has 2 rings (SSSR count). The van der Waals surface area contributed by atoms with Crippen LogP contribution in [0.4, 0.5) is 5.69 Å². The predicted molar refractivity (Wildman–Crippen MR) is 85.6 cm³/mol. The van der Waals surface area contributed by atoms with Gasteiger partial charge in [0.15, 0.2) is 0 Å². The van der Waals surface area contributed by atoms with E-state index >= 15 is 0 Å². The van der Waals surface area contributed by atoms with Crippen molar-refractivity contribution in [3.8, 4) is 0 Å². The Morgan fingerprint density at radius 1 is 1.33 bits per heavy atom. The Morgan fingerprint density at radius 2 is 2.00 bits per heavy atom. The molecule has 0 N–H and O–H groups in total. The Kier molecular flexibility index (Phi) is 4.58. The Balaban J connectivity index is 2.46. The van der Waals surface area contributed by atoms with Crippen molar-refractivity contribution >= 4 is 37.5 Å². The molecule has 0 bridgehead atoms. The standard InChI is InChI=1S/C13H11Br2N3O3/c1-7-12(15)8(2)17(13(19)16-7)6-9-3-4-10(18(20)21)5-11(9)14/h3-5H,6H2,1-2H3. The lowest BCUT2D eigenvalue weighted by molar-refractivity contribution is -0.384. The fourth-order valence-electron chi connectivity index (χ4n) is 1.91. The van der Waals surface area contributed by atoms with Crippen LogP contribution in [0.2, 0.25) is 0 Å². The fraction of sp³-hybridized carbons (Fsp3) is 0.231. The minimum absolute atomic E-state index is 0.00194. The number of nitrogens with zero attached hydrogens (tertiary/aromatic N) is 3. The predicted octanol–water partition coefficient (Wildman–Crippen LogP) is 3.34. The summed E-state index contributed by atoms with van der Waals surface area (Å²) in [5, 5.41) is 10.7. The molecule has 110 valence electrons. The van der Waals surface area contributed by atoms with Gasteiger partial charge in [0.2, 0.25) is 0 Å². The number of rotatable bonds is 3. The van der Waals surface area contributed by atoms with E-state index in [9.17, 15) is 14.9 Å². The molecule has 0 fully saturated rings. The highest BCUT2D eigenvalue weighted by Gasteiger charge is 2.13. The van der Waals surface area contributed by atoms with E-state index in [2.05, 4.69) is 36.8 Å². The Hall–Kier alpha value is -1.54. The van der Waals surface area contributed by atoms with Crippen molar-refractivity contribution in [1.29, 1.82) is 0 Å². The van der Waals surface area contributed by atoms with Crippen LogP contribution in [0.1, 0.15) is 17.0 Å². The molecule has 0 unspecified atom stereocenters. The monoisotopic (exact) mass is 415 g/mol. The van der Waals surface area contributed by atoms with Gasteiger partial charge >= 0.3 is 5.69 Å². The quantitative estimate of drug-likeness (QED) is 0.567. The molecule has 1 heterocycles. The number of hydrogen-bond acceptors (Lipinski definition) is 4. The van der Waals surface area contributed by atoms with E-state index in [1.165, 1.54) is 16.7 Å². The SMILES string of the molecule is Cc1nc(=O)n(Cc2ccc([N+](=O)[O-])cc2Br)c(C)c1Br. The van der Waals surface area contributed by atoms with Gasteiger partial charge in [-0.05, 0) is 41.4 Å². The third kappa shape index (κ3) is 3.21. The minimum Gasteiger partial charge on any atom is -0.291 e. The van der Waals surface area contributed by atoms with Crippen LogP contribution >= 0.6 is 31.9 Å². The highest BCUT2D eigenvalue weighted by molar-refractivity contribution is 9.10. The first-order chi connectivity index (χ1) is 9.81. The summed E-state index contributed by atoms with van der Waals surface area (Å²) in [6.07, 6.45) is 0. The lowest BCUT2D eigenvalue weighted by atomic mass is 10.2. The van der Waals surface area contributed by atoms with Crippen LogP contribution < -0.4 is 5.69 Å². The lowest BCUT2D eigenvalue weighted by Crippen LogP contribution is -2.27. The van der Waals surface area contributed by atoms with Crippen LogP contribution in [-0.4, -0.2) is 14.5 Å². The molecule has 0 amide bonds.